The minimum absolute atomic E-state index is 0.0720. The number of hydrogen-bond donors (Lipinski definition) is 1. The molecule has 0 aliphatic heterocycles. The molecule has 0 radical (unpaired) electrons. The SMILES string of the molecule is CCCCOCCNC(=O)c1cc(Br)cn1C. The van der Waals surface area contributed by atoms with Gasteiger partial charge in [-0.25, -0.2) is 0 Å². The van der Waals surface area contributed by atoms with Gasteiger partial charge in [-0.05, 0) is 28.4 Å². The molecule has 5 heteroatoms. The Labute approximate surface area is 110 Å². The Balaban J connectivity index is 2.23. The number of rotatable bonds is 7. The van der Waals surface area contributed by atoms with Gasteiger partial charge in [0.05, 0.1) is 6.61 Å². The lowest BCUT2D eigenvalue weighted by Gasteiger charge is -2.06. The largest absolute Gasteiger partial charge is 0.380 e. The van der Waals surface area contributed by atoms with Crippen LogP contribution < -0.4 is 5.32 Å². The normalized spacial score (nSPS) is 10.5. The third-order valence-corrected chi connectivity index (χ3v) is 2.81. The Morgan fingerprint density at radius 3 is 2.88 bits per heavy atom. The average molecular weight is 303 g/mol. The highest BCUT2D eigenvalue weighted by molar-refractivity contribution is 9.10. The Morgan fingerprint density at radius 2 is 2.29 bits per heavy atom. The fourth-order valence-electron chi connectivity index (χ4n) is 1.43. The number of amides is 1. The van der Waals surface area contributed by atoms with Crippen LogP contribution in [0.15, 0.2) is 16.7 Å². The van der Waals surface area contributed by atoms with E-state index in [1.165, 1.54) is 0 Å². The first-order valence-corrected chi connectivity index (χ1v) is 6.62. The van der Waals surface area contributed by atoms with Gasteiger partial charge < -0.3 is 14.6 Å². The predicted molar refractivity (Wildman–Crippen MR) is 71.2 cm³/mol. The molecular weight excluding hydrogens is 284 g/mol. The highest BCUT2D eigenvalue weighted by Crippen LogP contribution is 2.13. The molecule has 1 heterocycles. The highest BCUT2D eigenvalue weighted by atomic mass is 79.9. The van der Waals surface area contributed by atoms with Crippen LogP contribution in [0.4, 0.5) is 0 Å². The van der Waals surface area contributed by atoms with E-state index in [2.05, 4.69) is 28.2 Å². The molecular formula is C12H19BrN2O2. The number of halogens is 1. The molecule has 4 nitrogen and oxygen atoms in total. The van der Waals surface area contributed by atoms with E-state index < -0.39 is 0 Å². The Morgan fingerprint density at radius 1 is 1.53 bits per heavy atom. The number of aryl methyl sites for hydroxylation is 1. The number of carbonyl (C=O) groups excluding carboxylic acids is 1. The zero-order valence-electron chi connectivity index (χ0n) is 10.3. The van der Waals surface area contributed by atoms with Gasteiger partial charge >= 0.3 is 0 Å². The average Bonchev–Trinajstić information content (AvgIpc) is 2.62. The van der Waals surface area contributed by atoms with Gasteiger partial charge in [0.25, 0.3) is 5.91 Å². The van der Waals surface area contributed by atoms with Crippen LogP contribution in [0.3, 0.4) is 0 Å². The second-order valence-corrected chi connectivity index (χ2v) is 4.79. The van der Waals surface area contributed by atoms with Crippen LogP contribution in [0.2, 0.25) is 0 Å². The lowest BCUT2D eigenvalue weighted by atomic mass is 10.4. The Bertz CT molecular complexity index is 363. The van der Waals surface area contributed by atoms with E-state index in [-0.39, 0.29) is 5.91 Å². The van der Waals surface area contributed by atoms with Crippen molar-refractivity contribution in [2.75, 3.05) is 19.8 Å². The van der Waals surface area contributed by atoms with Crippen LogP contribution in [0.1, 0.15) is 30.3 Å². The van der Waals surface area contributed by atoms with Gasteiger partial charge in [0.1, 0.15) is 5.69 Å². The summed E-state index contributed by atoms with van der Waals surface area (Å²) < 4.78 is 8.06. The van der Waals surface area contributed by atoms with Gasteiger partial charge in [-0.1, -0.05) is 13.3 Å². The van der Waals surface area contributed by atoms with Crippen molar-refractivity contribution >= 4 is 21.8 Å². The van der Waals surface area contributed by atoms with E-state index in [0.717, 1.165) is 23.9 Å². The maximum Gasteiger partial charge on any atom is 0.268 e. The number of nitrogens with zero attached hydrogens (tertiary/aromatic N) is 1. The van der Waals surface area contributed by atoms with Gasteiger partial charge in [0.2, 0.25) is 0 Å². The van der Waals surface area contributed by atoms with Crippen molar-refractivity contribution in [2.24, 2.45) is 7.05 Å². The smallest absolute Gasteiger partial charge is 0.268 e. The van der Waals surface area contributed by atoms with Crippen molar-refractivity contribution < 1.29 is 9.53 Å². The molecule has 0 aliphatic rings. The summed E-state index contributed by atoms with van der Waals surface area (Å²) in [6.45, 7) is 4.00. The zero-order chi connectivity index (χ0) is 12.7. The molecule has 0 atom stereocenters. The third kappa shape index (κ3) is 4.91. The molecule has 0 bridgehead atoms. The lowest BCUT2D eigenvalue weighted by molar-refractivity contribution is 0.0905. The van der Waals surface area contributed by atoms with Crippen molar-refractivity contribution in [3.63, 3.8) is 0 Å². The van der Waals surface area contributed by atoms with Gasteiger partial charge in [0.15, 0.2) is 0 Å². The summed E-state index contributed by atoms with van der Waals surface area (Å²) >= 11 is 3.34. The molecule has 1 aromatic rings. The van der Waals surface area contributed by atoms with Crippen LogP contribution >= 0.6 is 15.9 Å². The van der Waals surface area contributed by atoms with Gasteiger partial charge in [0, 0.05) is 30.9 Å². The van der Waals surface area contributed by atoms with Gasteiger partial charge in [-0.15, -0.1) is 0 Å². The van der Waals surface area contributed by atoms with Crippen LogP contribution in [-0.4, -0.2) is 30.2 Å². The first-order chi connectivity index (χ1) is 8.15. The monoisotopic (exact) mass is 302 g/mol. The number of ether oxygens (including phenoxy) is 1. The molecule has 1 rings (SSSR count). The minimum Gasteiger partial charge on any atom is -0.380 e. The minimum atomic E-state index is -0.0720. The van der Waals surface area contributed by atoms with Crippen LogP contribution in [0, 0.1) is 0 Å². The van der Waals surface area contributed by atoms with E-state index in [1.807, 2.05) is 13.2 Å². The summed E-state index contributed by atoms with van der Waals surface area (Å²) in [5, 5.41) is 2.82. The van der Waals surface area contributed by atoms with Crippen LogP contribution in [0.25, 0.3) is 0 Å². The molecule has 1 aromatic heterocycles. The van der Waals surface area contributed by atoms with E-state index in [0.29, 0.717) is 18.8 Å². The van der Waals surface area contributed by atoms with Crippen molar-refractivity contribution in [3.8, 4) is 0 Å². The quantitative estimate of drug-likeness (QED) is 0.786. The molecule has 96 valence electrons. The van der Waals surface area contributed by atoms with E-state index >= 15 is 0 Å². The number of aromatic nitrogens is 1. The predicted octanol–water partition coefficient (Wildman–Crippen LogP) is 2.33. The molecule has 0 saturated carbocycles. The number of carbonyl (C=O) groups is 1. The van der Waals surface area contributed by atoms with Crippen molar-refractivity contribution in [2.45, 2.75) is 19.8 Å². The van der Waals surface area contributed by atoms with Crippen molar-refractivity contribution in [1.82, 2.24) is 9.88 Å². The number of hydrogen-bond acceptors (Lipinski definition) is 2. The summed E-state index contributed by atoms with van der Waals surface area (Å²) in [5.74, 6) is -0.0720. The molecule has 0 saturated heterocycles. The Kier molecular flexibility index (Phi) is 6.29. The summed E-state index contributed by atoms with van der Waals surface area (Å²) in [6.07, 6.45) is 4.05. The van der Waals surface area contributed by atoms with Crippen LogP contribution in [0.5, 0.6) is 0 Å². The molecule has 0 aromatic carbocycles. The van der Waals surface area contributed by atoms with Crippen molar-refractivity contribution in [1.29, 1.82) is 0 Å². The molecule has 17 heavy (non-hydrogen) atoms. The summed E-state index contributed by atoms with van der Waals surface area (Å²) in [4.78, 5) is 11.8. The van der Waals surface area contributed by atoms with Crippen LogP contribution in [-0.2, 0) is 11.8 Å². The first kappa shape index (κ1) is 14.3. The molecule has 0 aliphatic carbocycles. The van der Waals surface area contributed by atoms with E-state index in [9.17, 15) is 4.79 Å². The molecule has 1 amide bonds. The Hall–Kier alpha value is -0.810. The fraction of sp³-hybridized carbons (Fsp3) is 0.583. The second kappa shape index (κ2) is 7.50. The first-order valence-electron chi connectivity index (χ1n) is 5.83. The summed E-state index contributed by atoms with van der Waals surface area (Å²) in [7, 11) is 1.84. The summed E-state index contributed by atoms with van der Waals surface area (Å²) in [5.41, 5.74) is 0.644. The van der Waals surface area contributed by atoms with Gasteiger partial charge in [-0.3, -0.25) is 4.79 Å². The van der Waals surface area contributed by atoms with Crippen molar-refractivity contribution in [3.05, 3.63) is 22.4 Å². The molecule has 0 fully saturated rings. The number of nitrogens with one attached hydrogen (secondary N) is 1. The molecule has 0 spiro atoms. The zero-order valence-corrected chi connectivity index (χ0v) is 11.9. The molecule has 1 N–H and O–H groups in total. The fourth-order valence-corrected chi connectivity index (χ4v) is 1.95. The number of unbranched alkanes of at least 4 members (excludes halogenated alkanes) is 1. The topological polar surface area (TPSA) is 43.3 Å². The highest BCUT2D eigenvalue weighted by Gasteiger charge is 2.09. The maximum absolute atomic E-state index is 11.8. The van der Waals surface area contributed by atoms with Gasteiger partial charge in [-0.2, -0.15) is 0 Å². The maximum atomic E-state index is 11.8. The lowest BCUT2D eigenvalue weighted by Crippen LogP contribution is -2.28. The second-order valence-electron chi connectivity index (χ2n) is 3.88. The van der Waals surface area contributed by atoms with E-state index in [1.54, 1.807) is 10.6 Å². The standard InChI is InChI=1S/C12H19BrN2O2/c1-3-4-6-17-7-5-14-12(16)11-8-10(13)9-15(11)2/h8-9H,3-7H2,1-2H3,(H,14,16). The summed E-state index contributed by atoms with van der Waals surface area (Å²) in [6, 6.07) is 1.80. The van der Waals surface area contributed by atoms with E-state index in [4.69, 9.17) is 4.74 Å². The third-order valence-electron chi connectivity index (χ3n) is 2.38. The molecule has 0 unspecified atom stereocenters.